The van der Waals surface area contributed by atoms with Gasteiger partial charge in [0.1, 0.15) is 6.54 Å². The van der Waals surface area contributed by atoms with Crippen LogP contribution in [-0.2, 0) is 11.3 Å². The molecule has 1 aliphatic heterocycles. The van der Waals surface area contributed by atoms with Crippen LogP contribution in [-0.4, -0.2) is 34.6 Å². The number of aromatic nitrogens is 2. The van der Waals surface area contributed by atoms with E-state index in [2.05, 4.69) is 22.2 Å². The SMILES string of the molecule is CC(=O)c1cccc(NC(=O)Cn2nc(N3CCCC(C)C3)c3ccccc3c2=O)c1. The van der Waals surface area contributed by atoms with Crippen LogP contribution in [0.1, 0.15) is 37.0 Å². The summed E-state index contributed by atoms with van der Waals surface area (Å²) in [6, 6.07) is 14.2. The first kappa shape index (κ1) is 20.8. The average Bonchev–Trinajstić information content (AvgIpc) is 2.76. The second kappa shape index (κ2) is 8.71. The Bertz CT molecular complexity index is 1200. The van der Waals surface area contributed by atoms with Gasteiger partial charge in [-0.2, -0.15) is 5.10 Å². The number of benzene rings is 2. The van der Waals surface area contributed by atoms with Crippen molar-refractivity contribution in [2.45, 2.75) is 33.2 Å². The molecule has 1 atom stereocenters. The Labute approximate surface area is 180 Å². The van der Waals surface area contributed by atoms with Crippen LogP contribution in [0.3, 0.4) is 0 Å². The first-order chi connectivity index (χ1) is 14.9. The Balaban J connectivity index is 1.65. The highest BCUT2D eigenvalue weighted by atomic mass is 16.2. The summed E-state index contributed by atoms with van der Waals surface area (Å²) in [5.41, 5.74) is 0.731. The lowest BCUT2D eigenvalue weighted by Gasteiger charge is -2.32. The van der Waals surface area contributed by atoms with Crippen LogP contribution in [0.15, 0.2) is 53.3 Å². The Hall–Kier alpha value is -3.48. The van der Waals surface area contributed by atoms with Gasteiger partial charge in [0.2, 0.25) is 5.91 Å². The molecule has 31 heavy (non-hydrogen) atoms. The van der Waals surface area contributed by atoms with Crippen LogP contribution in [0.4, 0.5) is 11.5 Å². The molecule has 1 saturated heterocycles. The van der Waals surface area contributed by atoms with E-state index in [4.69, 9.17) is 0 Å². The van der Waals surface area contributed by atoms with E-state index in [-0.39, 0.29) is 23.8 Å². The molecular formula is C24H26N4O3. The van der Waals surface area contributed by atoms with Gasteiger partial charge in [-0.15, -0.1) is 0 Å². The highest BCUT2D eigenvalue weighted by Crippen LogP contribution is 2.26. The number of piperidine rings is 1. The predicted molar refractivity (Wildman–Crippen MR) is 122 cm³/mol. The standard InChI is InChI=1S/C24H26N4O3/c1-16-7-6-12-27(14-16)23-20-10-3-4-11-21(20)24(31)28(26-23)15-22(30)25-19-9-5-8-18(13-19)17(2)29/h3-5,8-11,13,16H,6-7,12,14-15H2,1-2H3,(H,25,30). The van der Waals surface area contributed by atoms with Crippen molar-refractivity contribution in [1.29, 1.82) is 0 Å². The first-order valence-corrected chi connectivity index (χ1v) is 10.6. The van der Waals surface area contributed by atoms with E-state index in [0.717, 1.165) is 30.7 Å². The largest absolute Gasteiger partial charge is 0.354 e. The lowest BCUT2D eigenvalue weighted by molar-refractivity contribution is -0.117. The van der Waals surface area contributed by atoms with E-state index in [1.165, 1.54) is 18.0 Å². The zero-order chi connectivity index (χ0) is 22.0. The summed E-state index contributed by atoms with van der Waals surface area (Å²) >= 11 is 0. The Morgan fingerprint density at radius 2 is 1.90 bits per heavy atom. The number of fused-ring (bicyclic) bond motifs is 1. The van der Waals surface area contributed by atoms with Crippen molar-refractivity contribution in [1.82, 2.24) is 9.78 Å². The number of anilines is 2. The smallest absolute Gasteiger partial charge is 0.275 e. The monoisotopic (exact) mass is 418 g/mol. The third-order valence-corrected chi connectivity index (χ3v) is 5.65. The normalized spacial score (nSPS) is 16.3. The van der Waals surface area contributed by atoms with Crippen LogP contribution in [0, 0.1) is 5.92 Å². The van der Waals surface area contributed by atoms with Crippen molar-refractivity contribution in [3.8, 4) is 0 Å². The third-order valence-electron chi connectivity index (χ3n) is 5.65. The quantitative estimate of drug-likeness (QED) is 0.642. The second-order valence-electron chi connectivity index (χ2n) is 8.21. The number of Topliss-reactive ketones (excluding diaryl/α,β-unsaturated/α-hetero) is 1. The minimum Gasteiger partial charge on any atom is -0.354 e. The number of amides is 1. The maximum atomic E-state index is 13.0. The number of carbonyl (C=O) groups is 2. The van der Waals surface area contributed by atoms with E-state index >= 15 is 0 Å². The summed E-state index contributed by atoms with van der Waals surface area (Å²) in [7, 11) is 0. The molecule has 2 aromatic carbocycles. The van der Waals surface area contributed by atoms with Crippen LogP contribution >= 0.6 is 0 Å². The number of nitrogens with zero attached hydrogens (tertiary/aromatic N) is 3. The molecule has 0 bridgehead atoms. The molecule has 0 radical (unpaired) electrons. The Kier molecular flexibility index (Phi) is 5.84. The van der Waals surface area contributed by atoms with Crippen LogP contribution in [0.2, 0.25) is 0 Å². The van der Waals surface area contributed by atoms with Crippen molar-refractivity contribution in [2.75, 3.05) is 23.3 Å². The molecule has 1 unspecified atom stereocenters. The van der Waals surface area contributed by atoms with Crippen molar-refractivity contribution in [2.24, 2.45) is 5.92 Å². The predicted octanol–water partition coefficient (Wildman–Crippen LogP) is 3.47. The van der Waals surface area contributed by atoms with Gasteiger partial charge in [0.25, 0.3) is 5.56 Å². The topological polar surface area (TPSA) is 84.3 Å². The van der Waals surface area contributed by atoms with Gasteiger partial charge in [-0.25, -0.2) is 4.68 Å². The Morgan fingerprint density at radius 3 is 2.65 bits per heavy atom. The fourth-order valence-corrected chi connectivity index (χ4v) is 4.09. The average molecular weight is 418 g/mol. The zero-order valence-corrected chi connectivity index (χ0v) is 17.8. The molecule has 1 aliphatic rings. The molecule has 0 aliphatic carbocycles. The molecule has 7 heteroatoms. The molecule has 1 amide bonds. The molecule has 4 rings (SSSR count). The van der Waals surface area contributed by atoms with Crippen molar-refractivity contribution < 1.29 is 9.59 Å². The molecule has 1 N–H and O–H groups in total. The summed E-state index contributed by atoms with van der Waals surface area (Å²) in [5, 5.41) is 8.73. The molecule has 3 aromatic rings. The number of carbonyl (C=O) groups excluding carboxylic acids is 2. The molecule has 2 heterocycles. The molecule has 0 spiro atoms. The lowest BCUT2D eigenvalue weighted by Crippen LogP contribution is -2.38. The number of rotatable bonds is 5. The van der Waals surface area contributed by atoms with E-state index in [9.17, 15) is 14.4 Å². The van der Waals surface area contributed by atoms with Gasteiger partial charge in [-0.1, -0.05) is 37.3 Å². The van der Waals surface area contributed by atoms with Gasteiger partial charge in [-0.3, -0.25) is 14.4 Å². The molecule has 0 saturated carbocycles. The second-order valence-corrected chi connectivity index (χ2v) is 8.21. The van der Waals surface area contributed by atoms with Gasteiger partial charge in [-0.05, 0) is 43.9 Å². The maximum absolute atomic E-state index is 13.0. The number of nitrogens with one attached hydrogen (secondary N) is 1. The maximum Gasteiger partial charge on any atom is 0.275 e. The highest BCUT2D eigenvalue weighted by Gasteiger charge is 2.22. The van der Waals surface area contributed by atoms with Gasteiger partial charge in [0.15, 0.2) is 11.6 Å². The molecular weight excluding hydrogens is 392 g/mol. The van der Waals surface area contributed by atoms with Gasteiger partial charge in [0, 0.05) is 29.7 Å². The number of ketones is 1. The molecule has 7 nitrogen and oxygen atoms in total. The van der Waals surface area contributed by atoms with Crippen LogP contribution < -0.4 is 15.8 Å². The molecule has 1 fully saturated rings. The van der Waals surface area contributed by atoms with E-state index in [0.29, 0.717) is 22.6 Å². The summed E-state index contributed by atoms with van der Waals surface area (Å²) in [4.78, 5) is 39.5. The molecule has 1 aromatic heterocycles. The van der Waals surface area contributed by atoms with Crippen molar-refractivity contribution in [3.05, 3.63) is 64.4 Å². The minimum absolute atomic E-state index is 0.0797. The van der Waals surface area contributed by atoms with Crippen LogP contribution in [0.25, 0.3) is 10.8 Å². The lowest BCUT2D eigenvalue weighted by atomic mass is 10.00. The third kappa shape index (κ3) is 4.50. The fraction of sp³-hybridized carbons (Fsp3) is 0.333. The van der Waals surface area contributed by atoms with E-state index in [1.807, 2.05) is 18.2 Å². The highest BCUT2D eigenvalue weighted by molar-refractivity contribution is 5.97. The summed E-state index contributed by atoms with van der Waals surface area (Å²) in [5.74, 6) is 0.840. The minimum atomic E-state index is -0.372. The Morgan fingerprint density at radius 1 is 1.13 bits per heavy atom. The van der Waals surface area contributed by atoms with Gasteiger partial charge < -0.3 is 10.2 Å². The fourth-order valence-electron chi connectivity index (χ4n) is 4.09. The van der Waals surface area contributed by atoms with E-state index < -0.39 is 0 Å². The number of hydrogen-bond acceptors (Lipinski definition) is 5. The van der Waals surface area contributed by atoms with Gasteiger partial charge >= 0.3 is 0 Å². The van der Waals surface area contributed by atoms with Crippen molar-refractivity contribution >= 4 is 34.0 Å². The summed E-state index contributed by atoms with van der Waals surface area (Å²) in [6.45, 7) is 5.24. The van der Waals surface area contributed by atoms with Crippen LogP contribution in [0.5, 0.6) is 0 Å². The molecule has 160 valence electrons. The first-order valence-electron chi connectivity index (χ1n) is 10.6. The van der Waals surface area contributed by atoms with E-state index in [1.54, 1.807) is 30.3 Å². The zero-order valence-electron chi connectivity index (χ0n) is 17.8. The van der Waals surface area contributed by atoms with Crippen molar-refractivity contribution in [3.63, 3.8) is 0 Å². The van der Waals surface area contributed by atoms with Gasteiger partial charge in [0.05, 0.1) is 5.39 Å². The summed E-state index contributed by atoms with van der Waals surface area (Å²) < 4.78 is 1.24. The summed E-state index contributed by atoms with van der Waals surface area (Å²) in [6.07, 6.45) is 2.25. The number of hydrogen-bond donors (Lipinski definition) is 1.